The number of piperidine rings is 1. The minimum Gasteiger partial charge on any atom is -0.492 e. The van der Waals surface area contributed by atoms with Gasteiger partial charge in [0.2, 0.25) is 0 Å². The molecule has 2 amide bonds. The van der Waals surface area contributed by atoms with Crippen molar-refractivity contribution in [3.8, 4) is 5.75 Å². The number of benzene rings is 2. The molecule has 1 heterocycles. The van der Waals surface area contributed by atoms with Gasteiger partial charge in [-0.05, 0) is 49.6 Å². The highest BCUT2D eigenvalue weighted by atomic mass is 35.5. The number of urea groups is 1. The van der Waals surface area contributed by atoms with Crippen molar-refractivity contribution >= 4 is 17.6 Å². The lowest BCUT2D eigenvalue weighted by Crippen LogP contribution is -2.48. The fourth-order valence-electron chi connectivity index (χ4n) is 3.40. The lowest BCUT2D eigenvalue weighted by Gasteiger charge is -2.33. The summed E-state index contributed by atoms with van der Waals surface area (Å²) in [6.45, 7) is 5.96. The second-order valence-electron chi connectivity index (χ2n) is 7.71. The molecule has 0 radical (unpaired) electrons. The first kappa shape index (κ1) is 21.5. The van der Waals surface area contributed by atoms with Crippen molar-refractivity contribution in [2.24, 2.45) is 0 Å². The fraction of sp³-hybridized carbons (Fsp3) is 0.435. The van der Waals surface area contributed by atoms with Crippen molar-refractivity contribution in [1.29, 1.82) is 0 Å². The molecule has 2 aromatic rings. The minimum atomic E-state index is -0.0337. The smallest absolute Gasteiger partial charge is 0.317 e. The number of hydrogen-bond donors (Lipinski definition) is 1. The van der Waals surface area contributed by atoms with E-state index in [1.54, 1.807) is 4.90 Å². The number of hydrogen-bond acceptors (Lipinski definition) is 3. The molecule has 156 valence electrons. The van der Waals surface area contributed by atoms with Crippen molar-refractivity contribution in [2.75, 3.05) is 33.3 Å². The van der Waals surface area contributed by atoms with E-state index in [9.17, 15) is 4.79 Å². The summed E-state index contributed by atoms with van der Waals surface area (Å²) < 4.78 is 5.71. The summed E-state index contributed by atoms with van der Waals surface area (Å²) in [7, 11) is 1.81. The number of ether oxygens (including phenoxy) is 1. The summed E-state index contributed by atoms with van der Waals surface area (Å²) in [4.78, 5) is 16.5. The maximum atomic E-state index is 12.4. The third kappa shape index (κ3) is 6.94. The molecule has 5 nitrogen and oxygen atoms in total. The molecule has 0 aromatic heterocycles. The van der Waals surface area contributed by atoms with Gasteiger partial charge in [-0.25, -0.2) is 4.79 Å². The molecule has 0 unspecified atom stereocenters. The zero-order chi connectivity index (χ0) is 20.6. The largest absolute Gasteiger partial charge is 0.492 e. The van der Waals surface area contributed by atoms with Gasteiger partial charge in [0.1, 0.15) is 12.4 Å². The first-order valence-corrected chi connectivity index (χ1v) is 10.6. The molecule has 29 heavy (non-hydrogen) atoms. The van der Waals surface area contributed by atoms with Gasteiger partial charge in [0, 0.05) is 37.7 Å². The third-order valence-corrected chi connectivity index (χ3v) is 5.55. The maximum absolute atomic E-state index is 12.4. The predicted molar refractivity (Wildman–Crippen MR) is 118 cm³/mol. The molecule has 0 aliphatic carbocycles. The Hall–Kier alpha value is -2.24. The van der Waals surface area contributed by atoms with Crippen LogP contribution in [0.15, 0.2) is 48.5 Å². The Bertz CT molecular complexity index is 772. The van der Waals surface area contributed by atoms with Crippen LogP contribution in [0, 0.1) is 6.92 Å². The van der Waals surface area contributed by atoms with E-state index in [1.165, 1.54) is 11.1 Å². The van der Waals surface area contributed by atoms with E-state index in [1.807, 2.05) is 50.4 Å². The van der Waals surface area contributed by atoms with Crippen LogP contribution in [-0.4, -0.2) is 55.2 Å². The van der Waals surface area contributed by atoms with Crippen molar-refractivity contribution in [3.63, 3.8) is 0 Å². The fourth-order valence-corrected chi connectivity index (χ4v) is 3.53. The van der Waals surface area contributed by atoms with E-state index < -0.39 is 0 Å². The summed E-state index contributed by atoms with van der Waals surface area (Å²) in [5.74, 6) is 0.831. The van der Waals surface area contributed by atoms with Gasteiger partial charge in [-0.15, -0.1) is 0 Å². The van der Waals surface area contributed by atoms with Crippen LogP contribution in [0.2, 0.25) is 5.02 Å². The standard InChI is InChI=1S/C23H30ClN3O2/c1-18-3-9-22(10-4-18)29-16-15-26(2)23(28)25-21-11-13-27(14-12-21)17-19-5-7-20(24)8-6-19/h3-10,21H,11-17H2,1-2H3,(H,25,28). The van der Waals surface area contributed by atoms with Crippen molar-refractivity contribution < 1.29 is 9.53 Å². The zero-order valence-corrected chi connectivity index (χ0v) is 18.0. The van der Waals surface area contributed by atoms with Gasteiger partial charge >= 0.3 is 6.03 Å². The predicted octanol–water partition coefficient (Wildman–Crippen LogP) is 4.33. The van der Waals surface area contributed by atoms with Gasteiger partial charge in [0.25, 0.3) is 0 Å². The average Bonchev–Trinajstić information content (AvgIpc) is 2.72. The van der Waals surface area contributed by atoms with Gasteiger partial charge in [0.05, 0.1) is 6.54 Å². The molecule has 0 spiro atoms. The highest BCUT2D eigenvalue weighted by molar-refractivity contribution is 6.30. The number of rotatable bonds is 7. The molecule has 1 aliphatic heterocycles. The van der Waals surface area contributed by atoms with Crippen molar-refractivity contribution in [1.82, 2.24) is 15.1 Å². The quantitative estimate of drug-likeness (QED) is 0.731. The first-order valence-electron chi connectivity index (χ1n) is 10.2. The number of amides is 2. The van der Waals surface area contributed by atoms with E-state index in [0.29, 0.717) is 13.2 Å². The van der Waals surface area contributed by atoms with Crippen molar-refractivity contribution in [2.45, 2.75) is 32.4 Å². The molecule has 1 N–H and O–H groups in total. The molecule has 0 atom stereocenters. The Balaban J connectivity index is 1.34. The van der Waals surface area contributed by atoms with Crippen LogP contribution in [-0.2, 0) is 6.54 Å². The van der Waals surface area contributed by atoms with Crippen LogP contribution >= 0.6 is 11.6 Å². The molecular weight excluding hydrogens is 386 g/mol. The molecular formula is C23H30ClN3O2. The first-order chi connectivity index (χ1) is 14.0. The monoisotopic (exact) mass is 415 g/mol. The third-order valence-electron chi connectivity index (χ3n) is 5.30. The Kier molecular flexibility index (Phi) is 7.78. The highest BCUT2D eigenvalue weighted by Crippen LogP contribution is 2.16. The van der Waals surface area contributed by atoms with Gasteiger partial charge in [0.15, 0.2) is 0 Å². The minimum absolute atomic E-state index is 0.0337. The van der Waals surface area contributed by atoms with Crippen LogP contribution in [0.5, 0.6) is 5.75 Å². The molecule has 1 saturated heterocycles. The summed E-state index contributed by atoms with van der Waals surface area (Å²) in [5.41, 5.74) is 2.47. The summed E-state index contributed by atoms with van der Waals surface area (Å²) in [5, 5.41) is 3.92. The number of likely N-dealkylation sites (N-methyl/N-ethyl adjacent to an activating group) is 1. The Morgan fingerprint density at radius 1 is 1.14 bits per heavy atom. The van der Waals surface area contributed by atoms with E-state index in [4.69, 9.17) is 16.3 Å². The Morgan fingerprint density at radius 2 is 1.79 bits per heavy atom. The van der Waals surface area contributed by atoms with Crippen LogP contribution in [0.1, 0.15) is 24.0 Å². The molecule has 1 fully saturated rings. The number of nitrogens with zero attached hydrogens (tertiary/aromatic N) is 2. The Labute approximate surface area is 178 Å². The second kappa shape index (κ2) is 10.5. The number of carbonyl (C=O) groups is 1. The summed E-state index contributed by atoms with van der Waals surface area (Å²) in [6.07, 6.45) is 1.93. The number of carbonyl (C=O) groups excluding carboxylic acids is 1. The summed E-state index contributed by atoms with van der Waals surface area (Å²) in [6, 6.07) is 16.1. The SMILES string of the molecule is Cc1ccc(OCCN(C)C(=O)NC2CCN(Cc3ccc(Cl)cc3)CC2)cc1. The van der Waals surface area contributed by atoms with Gasteiger partial charge < -0.3 is 15.0 Å². The van der Waals surface area contributed by atoms with Gasteiger partial charge in [-0.1, -0.05) is 41.4 Å². The topological polar surface area (TPSA) is 44.8 Å². The lowest BCUT2D eigenvalue weighted by molar-refractivity contribution is 0.169. The molecule has 0 bridgehead atoms. The summed E-state index contributed by atoms with van der Waals surface area (Å²) >= 11 is 5.95. The Morgan fingerprint density at radius 3 is 2.45 bits per heavy atom. The van der Waals surface area contributed by atoms with Crippen LogP contribution in [0.3, 0.4) is 0 Å². The second-order valence-corrected chi connectivity index (χ2v) is 8.15. The zero-order valence-electron chi connectivity index (χ0n) is 17.2. The number of nitrogens with one attached hydrogen (secondary N) is 1. The van der Waals surface area contributed by atoms with Gasteiger partial charge in [-0.2, -0.15) is 0 Å². The molecule has 3 rings (SSSR count). The molecule has 6 heteroatoms. The van der Waals surface area contributed by atoms with E-state index in [-0.39, 0.29) is 12.1 Å². The van der Waals surface area contributed by atoms with E-state index in [2.05, 4.69) is 22.3 Å². The van der Waals surface area contributed by atoms with E-state index in [0.717, 1.165) is 43.2 Å². The van der Waals surface area contributed by atoms with Crippen LogP contribution < -0.4 is 10.1 Å². The molecule has 0 saturated carbocycles. The van der Waals surface area contributed by atoms with E-state index >= 15 is 0 Å². The maximum Gasteiger partial charge on any atom is 0.317 e. The highest BCUT2D eigenvalue weighted by Gasteiger charge is 2.22. The molecule has 1 aliphatic rings. The molecule has 2 aromatic carbocycles. The van der Waals surface area contributed by atoms with Crippen LogP contribution in [0.25, 0.3) is 0 Å². The van der Waals surface area contributed by atoms with Crippen molar-refractivity contribution in [3.05, 3.63) is 64.7 Å². The van der Waals surface area contributed by atoms with Gasteiger partial charge in [-0.3, -0.25) is 4.90 Å². The lowest BCUT2D eigenvalue weighted by atomic mass is 10.0. The average molecular weight is 416 g/mol. The number of halogens is 1. The van der Waals surface area contributed by atoms with Crippen LogP contribution in [0.4, 0.5) is 4.79 Å². The normalized spacial score (nSPS) is 15.1. The number of likely N-dealkylation sites (tertiary alicyclic amines) is 1. The number of aryl methyl sites for hydroxylation is 1.